The highest BCUT2D eigenvalue weighted by Crippen LogP contribution is 2.21. The summed E-state index contributed by atoms with van der Waals surface area (Å²) in [4.78, 5) is 18.9. The van der Waals surface area contributed by atoms with Crippen LogP contribution in [0.2, 0.25) is 0 Å². The predicted octanol–water partition coefficient (Wildman–Crippen LogP) is 0.180. The summed E-state index contributed by atoms with van der Waals surface area (Å²) >= 11 is 0. The molecule has 1 N–H and O–H groups in total. The number of hydrogen-bond acceptors (Lipinski definition) is 4. The summed E-state index contributed by atoms with van der Waals surface area (Å²) in [5.74, 6) is 1.08. The molecule has 1 amide bonds. The average Bonchev–Trinajstić information content (AvgIpc) is 3.16. The Balaban J connectivity index is 1.69. The van der Waals surface area contributed by atoms with Gasteiger partial charge in [-0.3, -0.25) is 9.48 Å². The van der Waals surface area contributed by atoms with E-state index in [0.717, 1.165) is 25.5 Å². The van der Waals surface area contributed by atoms with E-state index in [-0.39, 0.29) is 11.9 Å². The van der Waals surface area contributed by atoms with Gasteiger partial charge in [-0.2, -0.15) is 5.10 Å². The van der Waals surface area contributed by atoms with Crippen molar-refractivity contribution >= 4 is 5.91 Å². The van der Waals surface area contributed by atoms with Gasteiger partial charge < -0.3 is 14.8 Å². The Hall–Kier alpha value is -2.15. The van der Waals surface area contributed by atoms with Gasteiger partial charge in [0.05, 0.1) is 0 Å². The molecule has 3 heterocycles. The van der Waals surface area contributed by atoms with Gasteiger partial charge in [0.25, 0.3) is 0 Å². The first-order valence-corrected chi connectivity index (χ1v) is 7.20. The molecule has 0 saturated carbocycles. The number of carbonyl (C=O) groups excluding carboxylic acids is 1. The van der Waals surface area contributed by atoms with Gasteiger partial charge >= 0.3 is 0 Å². The lowest BCUT2D eigenvalue weighted by Gasteiger charge is -2.35. The van der Waals surface area contributed by atoms with Crippen LogP contribution in [0, 0.1) is 0 Å². The highest BCUT2D eigenvalue weighted by molar-refractivity contribution is 5.76. The lowest BCUT2D eigenvalue weighted by atomic mass is 10.1. The SMILES string of the molecule is Cn1ccnc1C1CNCCN1C(=O)CCn1cccn1. The van der Waals surface area contributed by atoms with E-state index >= 15 is 0 Å². The van der Waals surface area contributed by atoms with E-state index in [1.54, 1.807) is 17.1 Å². The van der Waals surface area contributed by atoms with Crippen molar-refractivity contribution in [3.05, 3.63) is 36.7 Å². The summed E-state index contributed by atoms with van der Waals surface area (Å²) < 4.78 is 3.77. The molecule has 21 heavy (non-hydrogen) atoms. The highest BCUT2D eigenvalue weighted by Gasteiger charge is 2.29. The molecule has 0 aliphatic carbocycles. The maximum absolute atomic E-state index is 12.5. The molecule has 1 saturated heterocycles. The van der Waals surface area contributed by atoms with E-state index in [1.807, 2.05) is 35.0 Å². The fourth-order valence-electron chi connectivity index (χ4n) is 2.72. The molecule has 3 rings (SSSR count). The number of nitrogens with zero attached hydrogens (tertiary/aromatic N) is 5. The largest absolute Gasteiger partial charge is 0.336 e. The van der Waals surface area contributed by atoms with Gasteiger partial charge in [-0.25, -0.2) is 4.98 Å². The molecular formula is C14H20N6O. The number of rotatable bonds is 4. The minimum absolute atomic E-state index is 0.00358. The second-order valence-electron chi connectivity index (χ2n) is 5.22. The van der Waals surface area contributed by atoms with E-state index in [1.165, 1.54) is 0 Å². The summed E-state index contributed by atoms with van der Waals surface area (Å²) in [7, 11) is 1.96. The molecule has 1 aliphatic heterocycles. The Labute approximate surface area is 123 Å². The molecule has 2 aromatic rings. The van der Waals surface area contributed by atoms with E-state index in [2.05, 4.69) is 15.4 Å². The van der Waals surface area contributed by atoms with Crippen LogP contribution in [0.15, 0.2) is 30.9 Å². The molecule has 0 bridgehead atoms. The van der Waals surface area contributed by atoms with E-state index < -0.39 is 0 Å². The summed E-state index contributed by atoms with van der Waals surface area (Å²) in [5, 5.41) is 7.47. The predicted molar refractivity (Wildman–Crippen MR) is 77.4 cm³/mol. The van der Waals surface area contributed by atoms with Crippen LogP contribution in [-0.4, -0.2) is 49.8 Å². The molecule has 0 aromatic carbocycles. The van der Waals surface area contributed by atoms with E-state index in [9.17, 15) is 4.79 Å². The Kier molecular flexibility index (Phi) is 4.01. The second-order valence-corrected chi connectivity index (χ2v) is 5.22. The Morgan fingerprint density at radius 1 is 1.43 bits per heavy atom. The number of amides is 1. The van der Waals surface area contributed by atoms with Gasteiger partial charge in [0.15, 0.2) is 0 Å². The van der Waals surface area contributed by atoms with Crippen LogP contribution in [0.25, 0.3) is 0 Å². The average molecular weight is 288 g/mol. The molecule has 0 spiro atoms. The number of imidazole rings is 1. The monoisotopic (exact) mass is 288 g/mol. The van der Waals surface area contributed by atoms with Crippen molar-refractivity contribution in [2.45, 2.75) is 19.0 Å². The van der Waals surface area contributed by atoms with Crippen LogP contribution in [0.5, 0.6) is 0 Å². The van der Waals surface area contributed by atoms with Gasteiger partial charge in [0, 0.05) is 64.4 Å². The van der Waals surface area contributed by atoms with Crippen LogP contribution in [0.3, 0.4) is 0 Å². The number of nitrogens with one attached hydrogen (secondary N) is 1. The zero-order valence-corrected chi connectivity index (χ0v) is 12.1. The van der Waals surface area contributed by atoms with Crippen LogP contribution >= 0.6 is 0 Å². The third-order valence-corrected chi connectivity index (χ3v) is 3.83. The zero-order chi connectivity index (χ0) is 14.7. The van der Waals surface area contributed by atoms with E-state index in [0.29, 0.717) is 13.0 Å². The maximum atomic E-state index is 12.5. The lowest BCUT2D eigenvalue weighted by molar-refractivity contribution is -0.135. The van der Waals surface area contributed by atoms with Gasteiger partial charge in [0.2, 0.25) is 5.91 Å². The summed E-state index contributed by atoms with van der Waals surface area (Å²) in [5.41, 5.74) is 0. The first-order chi connectivity index (χ1) is 10.3. The van der Waals surface area contributed by atoms with Gasteiger partial charge in [-0.15, -0.1) is 0 Å². The topological polar surface area (TPSA) is 68.0 Å². The van der Waals surface area contributed by atoms with Crippen molar-refractivity contribution in [2.75, 3.05) is 19.6 Å². The van der Waals surface area contributed by atoms with Gasteiger partial charge in [-0.05, 0) is 6.07 Å². The minimum atomic E-state index is 0.00358. The van der Waals surface area contributed by atoms with Crippen molar-refractivity contribution in [3.8, 4) is 0 Å². The fraction of sp³-hybridized carbons (Fsp3) is 0.500. The van der Waals surface area contributed by atoms with Crippen molar-refractivity contribution < 1.29 is 4.79 Å². The standard InChI is InChI=1S/C14H20N6O/c1-18-9-6-16-14(18)12-11-15-5-10-20(12)13(21)3-8-19-7-2-4-17-19/h2,4,6-7,9,12,15H,3,5,8,10-11H2,1H3. The molecule has 7 heteroatoms. The normalized spacial score (nSPS) is 18.9. The third kappa shape index (κ3) is 2.97. The van der Waals surface area contributed by atoms with E-state index in [4.69, 9.17) is 0 Å². The molecular weight excluding hydrogens is 268 g/mol. The molecule has 7 nitrogen and oxygen atoms in total. The number of carbonyl (C=O) groups is 1. The highest BCUT2D eigenvalue weighted by atomic mass is 16.2. The van der Waals surface area contributed by atoms with Crippen LogP contribution in [0.4, 0.5) is 0 Å². The molecule has 1 atom stereocenters. The fourth-order valence-corrected chi connectivity index (χ4v) is 2.72. The maximum Gasteiger partial charge on any atom is 0.225 e. The molecule has 1 fully saturated rings. The van der Waals surface area contributed by atoms with Crippen molar-refractivity contribution in [1.29, 1.82) is 0 Å². The molecule has 2 aromatic heterocycles. The van der Waals surface area contributed by atoms with Gasteiger partial charge in [-0.1, -0.05) is 0 Å². The number of aromatic nitrogens is 4. The number of hydrogen-bond donors (Lipinski definition) is 1. The van der Waals surface area contributed by atoms with Gasteiger partial charge in [0.1, 0.15) is 11.9 Å². The first-order valence-electron chi connectivity index (χ1n) is 7.20. The van der Waals surface area contributed by atoms with Crippen LogP contribution in [0.1, 0.15) is 18.3 Å². The quantitative estimate of drug-likeness (QED) is 0.871. The Bertz CT molecular complexity index is 590. The van der Waals surface area contributed by atoms with Crippen molar-refractivity contribution in [2.24, 2.45) is 7.05 Å². The van der Waals surface area contributed by atoms with Crippen LogP contribution in [-0.2, 0) is 18.4 Å². The molecule has 112 valence electrons. The Morgan fingerprint density at radius 2 is 2.33 bits per heavy atom. The number of piperazine rings is 1. The number of aryl methyl sites for hydroxylation is 2. The zero-order valence-electron chi connectivity index (χ0n) is 12.1. The smallest absolute Gasteiger partial charge is 0.225 e. The third-order valence-electron chi connectivity index (χ3n) is 3.83. The summed E-state index contributed by atoms with van der Waals surface area (Å²) in [6, 6.07) is 1.87. The summed E-state index contributed by atoms with van der Waals surface area (Å²) in [6.07, 6.45) is 7.75. The second kappa shape index (κ2) is 6.09. The molecule has 1 unspecified atom stereocenters. The van der Waals surface area contributed by atoms with Crippen molar-refractivity contribution in [3.63, 3.8) is 0 Å². The van der Waals surface area contributed by atoms with Crippen molar-refractivity contribution in [1.82, 2.24) is 29.5 Å². The van der Waals surface area contributed by atoms with Crippen LogP contribution < -0.4 is 5.32 Å². The molecule has 0 radical (unpaired) electrons. The lowest BCUT2D eigenvalue weighted by Crippen LogP contribution is -2.49. The first kappa shape index (κ1) is 13.8. The Morgan fingerprint density at radius 3 is 3.05 bits per heavy atom. The minimum Gasteiger partial charge on any atom is -0.336 e. The summed E-state index contributed by atoms with van der Waals surface area (Å²) in [6.45, 7) is 2.91. The molecule has 1 aliphatic rings.